The third-order valence-electron chi connectivity index (χ3n) is 5.01. The fourth-order valence-corrected chi connectivity index (χ4v) is 3.51. The van der Waals surface area contributed by atoms with E-state index in [0.717, 1.165) is 25.7 Å². The highest BCUT2D eigenvalue weighted by Crippen LogP contribution is 2.30. The predicted octanol–water partition coefficient (Wildman–Crippen LogP) is 1.58. The van der Waals surface area contributed by atoms with Crippen molar-refractivity contribution < 1.29 is 24.0 Å². The lowest BCUT2D eigenvalue weighted by Gasteiger charge is -2.22. The van der Waals surface area contributed by atoms with E-state index in [1.807, 2.05) is 0 Å². The first kappa shape index (κ1) is 22.0. The summed E-state index contributed by atoms with van der Waals surface area (Å²) in [7, 11) is 2.90. The molecule has 1 heterocycles. The number of nitrogens with zero attached hydrogens (tertiary/aromatic N) is 4. The Morgan fingerprint density at radius 3 is 2.71 bits per heavy atom. The molecule has 1 aliphatic rings. The summed E-state index contributed by atoms with van der Waals surface area (Å²) in [5.41, 5.74) is 0.0376. The van der Waals surface area contributed by atoms with Gasteiger partial charge < -0.3 is 5.32 Å². The van der Waals surface area contributed by atoms with Gasteiger partial charge in [-0.15, -0.1) is 0 Å². The van der Waals surface area contributed by atoms with Crippen LogP contribution in [0.25, 0.3) is 0 Å². The standard InChI is InChI=1S/C18H28FN5O4/c1-12-21-15(16(19)17(22-12)23(2)28-3)9-20-18(26)14(10-24(27)11-25)8-13-6-4-5-7-13/h11,13-14,27H,4-10H2,1-3H3,(H,20,26)/t14-/m1/s1. The topological polar surface area (TPSA) is 108 Å². The Morgan fingerprint density at radius 1 is 1.43 bits per heavy atom. The monoisotopic (exact) mass is 397 g/mol. The maximum atomic E-state index is 14.6. The maximum Gasteiger partial charge on any atom is 0.233 e. The van der Waals surface area contributed by atoms with Gasteiger partial charge in [-0.05, 0) is 19.3 Å². The number of anilines is 1. The van der Waals surface area contributed by atoms with Crippen LogP contribution < -0.4 is 10.4 Å². The van der Waals surface area contributed by atoms with Gasteiger partial charge in [-0.2, -0.15) is 0 Å². The van der Waals surface area contributed by atoms with Crippen molar-refractivity contribution in [2.24, 2.45) is 11.8 Å². The molecule has 1 aromatic heterocycles. The van der Waals surface area contributed by atoms with E-state index in [1.54, 1.807) is 6.92 Å². The maximum absolute atomic E-state index is 14.6. The summed E-state index contributed by atoms with van der Waals surface area (Å²) >= 11 is 0. The Bertz CT molecular complexity index is 684. The molecule has 1 saturated carbocycles. The Balaban J connectivity index is 2.08. The molecule has 0 aromatic carbocycles. The number of aryl methyl sites for hydroxylation is 1. The third kappa shape index (κ3) is 5.83. The van der Waals surface area contributed by atoms with Crippen molar-refractivity contribution in [3.63, 3.8) is 0 Å². The molecule has 2 N–H and O–H groups in total. The number of carbonyl (C=O) groups excluding carboxylic acids is 2. The molecule has 156 valence electrons. The Kier molecular flexibility index (Phi) is 8.06. The molecule has 9 nitrogen and oxygen atoms in total. The number of hydroxylamine groups is 3. The van der Waals surface area contributed by atoms with Crippen molar-refractivity contribution in [3.8, 4) is 0 Å². The zero-order valence-corrected chi connectivity index (χ0v) is 16.5. The molecule has 1 aliphatic carbocycles. The average molecular weight is 397 g/mol. The van der Waals surface area contributed by atoms with E-state index < -0.39 is 11.7 Å². The molecule has 10 heteroatoms. The molecule has 2 rings (SSSR count). The van der Waals surface area contributed by atoms with Crippen LogP contribution in [0.4, 0.5) is 10.2 Å². The minimum absolute atomic E-state index is 0.0238. The fourth-order valence-electron chi connectivity index (χ4n) is 3.51. The lowest BCUT2D eigenvalue weighted by Crippen LogP contribution is -2.38. The second kappa shape index (κ2) is 10.3. The first-order chi connectivity index (χ1) is 13.3. The van der Waals surface area contributed by atoms with E-state index in [2.05, 4.69) is 15.3 Å². The van der Waals surface area contributed by atoms with Crippen LogP contribution in [0.3, 0.4) is 0 Å². The summed E-state index contributed by atoms with van der Waals surface area (Å²) in [4.78, 5) is 36.5. The zero-order chi connectivity index (χ0) is 20.7. The van der Waals surface area contributed by atoms with Crippen LogP contribution in [0.1, 0.15) is 43.6 Å². The molecule has 1 aromatic rings. The number of hydrogen-bond donors (Lipinski definition) is 2. The predicted molar refractivity (Wildman–Crippen MR) is 98.6 cm³/mol. The molecule has 0 aliphatic heterocycles. The van der Waals surface area contributed by atoms with Crippen LogP contribution in [0.15, 0.2) is 0 Å². The Hall–Kier alpha value is -2.33. The molecule has 0 bridgehead atoms. The van der Waals surface area contributed by atoms with Crippen molar-refractivity contribution in [2.45, 2.75) is 45.6 Å². The van der Waals surface area contributed by atoms with E-state index in [9.17, 15) is 19.2 Å². The summed E-state index contributed by atoms with van der Waals surface area (Å²) in [5, 5.41) is 13.8. The van der Waals surface area contributed by atoms with Gasteiger partial charge in [0.1, 0.15) is 11.5 Å². The van der Waals surface area contributed by atoms with Crippen LogP contribution in [-0.4, -0.2) is 53.3 Å². The van der Waals surface area contributed by atoms with E-state index in [1.165, 1.54) is 19.2 Å². The van der Waals surface area contributed by atoms with E-state index in [0.29, 0.717) is 23.2 Å². The van der Waals surface area contributed by atoms with Gasteiger partial charge >= 0.3 is 0 Å². The van der Waals surface area contributed by atoms with Gasteiger partial charge in [-0.1, -0.05) is 25.7 Å². The highest BCUT2D eigenvalue weighted by Gasteiger charge is 2.27. The molecular weight excluding hydrogens is 369 g/mol. The lowest BCUT2D eigenvalue weighted by molar-refractivity contribution is -0.155. The summed E-state index contributed by atoms with van der Waals surface area (Å²) in [6.45, 7) is 1.38. The summed E-state index contributed by atoms with van der Waals surface area (Å²) in [5.74, 6) is -0.913. The first-order valence-corrected chi connectivity index (χ1v) is 9.35. The van der Waals surface area contributed by atoms with Gasteiger partial charge in [0.25, 0.3) is 0 Å². The molecule has 1 fully saturated rings. The molecule has 1 atom stereocenters. The second-order valence-corrected chi connectivity index (χ2v) is 7.06. The zero-order valence-electron chi connectivity index (χ0n) is 16.5. The van der Waals surface area contributed by atoms with Crippen LogP contribution in [0.5, 0.6) is 0 Å². The first-order valence-electron chi connectivity index (χ1n) is 9.35. The van der Waals surface area contributed by atoms with Gasteiger partial charge in [0, 0.05) is 7.05 Å². The number of rotatable bonds is 10. The van der Waals surface area contributed by atoms with Crippen molar-refractivity contribution in [1.82, 2.24) is 20.3 Å². The minimum atomic E-state index is -0.681. The van der Waals surface area contributed by atoms with Crippen molar-refractivity contribution in [2.75, 3.05) is 25.8 Å². The third-order valence-corrected chi connectivity index (χ3v) is 5.01. The van der Waals surface area contributed by atoms with Crippen LogP contribution >= 0.6 is 0 Å². The van der Waals surface area contributed by atoms with Gasteiger partial charge in [-0.3, -0.25) is 19.6 Å². The quantitative estimate of drug-likeness (QED) is 0.351. The molecule has 0 unspecified atom stereocenters. The van der Waals surface area contributed by atoms with E-state index >= 15 is 0 Å². The number of aromatic nitrogens is 2. The largest absolute Gasteiger partial charge is 0.350 e. The molecule has 0 spiro atoms. The molecular formula is C18H28FN5O4. The normalized spacial score (nSPS) is 15.3. The number of amides is 2. The van der Waals surface area contributed by atoms with Crippen LogP contribution in [-0.2, 0) is 21.0 Å². The van der Waals surface area contributed by atoms with Gasteiger partial charge in [0.05, 0.1) is 26.1 Å². The number of carbonyl (C=O) groups is 2. The van der Waals surface area contributed by atoms with Crippen molar-refractivity contribution in [1.29, 1.82) is 0 Å². The van der Waals surface area contributed by atoms with E-state index in [-0.39, 0.29) is 36.9 Å². The fraction of sp³-hybridized carbons (Fsp3) is 0.667. The Labute approximate surface area is 163 Å². The van der Waals surface area contributed by atoms with Gasteiger partial charge in [0.2, 0.25) is 12.3 Å². The van der Waals surface area contributed by atoms with E-state index in [4.69, 9.17) is 4.84 Å². The number of halogens is 1. The van der Waals surface area contributed by atoms with Crippen LogP contribution in [0, 0.1) is 24.6 Å². The van der Waals surface area contributed by atoms with Crippen molar-refractivity contribution in [3.05, 3.63) is 17.3 Å². The SMILES string of the molecule is CON(C)c1nc(C)nc(CNC(=O)[C@H](CC2CCCC2)CN(O)C=O)c1F. The molecule has 28 heavy (non-hydrogen) atoms. The summed E-state index contributed by atoms with van der Waals surface area (Å²) in [6.07, 6.45) is 5.15. The highest BCUT2D eigenvalue weighted by molar-refractivity contribution is 5.79. The molecule has 0 saturated heterocycles. The van der Waals surface area contributed by atoms with Gasteiger partial charge in [-0.25, -0.2) is 24.5 Å². The lowest BCUT2D eigenvalue weighted by atomic mass is 9.92. The second-order valence-electron chi connectivity index (χ2n) is 7.06. The number of nitrogens with one attached hydrogen (secondary N) is 1. The summed E-state index contributed by atoms with van der Waals surface area (Å²) in [6, 6.07) is 0. The van der Waals surface area contributed by atoms with Gasteiger partial charge in [0.15, 0.2) is 11.6 Å². The average Bonchev–Trinajstić information content (AvgIpc) is 3.19. The highest BCUT2D eigenvalue weighted by atomic mass is 19.1. The number of hydrogen-bond acceptors (Lipinski definition) is 7. The minimum Gasteiger partial charge on any atom is -0.350 e. The molecule has 2 amide bonds. The van der Waals surface area contributed by atoms with Crippen LogP contribution in [0.2, 0.25) is 0 Å². The summed E-state index contributed by atoms with van der Waals surface area (Å²) < 4.78 is 14.6. The smallest absolute Gasteiger partial charge is 0.233 e. The van der Waals surface area contributed by atoms with Crippen molar-refractivity contribution >= 4 is 18.1 Å². The molecule has 0 radical (unpaired) electrons. The Morgan fingerprint density at radius 2 is 2.11 bits per heavy atom.